The number of hydrogen-bond donors (Lipinski definition) is 0. The van der Waals surface area contributed by atoms with Crippen LogP contribution in [0.25, 0.3) is 0 Å². The Morgan fingerprint density at radius 2 is 1.88 bits per heavy atom. The molecule has 3 heterocycles. The highest BCUT2D eigenvalue weighted by Gasteiger charge is 2.47. The van der Waals surface area contributed by atoms with Crippen LogP contribution in [0, 0.1) is 5.92 Å². The van der Waals surface area contributed by atoms with Gasteiger partial charge in [0, 0.05) is 49.9 Å². The lowest BCUT2D eigenvalue weighted by Gasteiger charge is -2.35. The molecule has 130 valence electrons. The summed E-state index contributed by atoms with van der Waals surface area (Å²) in [5, 5.41) is 0. The molecule has 0 aromatic carbocycles. The lowest BCUT2D eigenvalue weighted by atomic mass is 10.2. The van der Waals surface area contributed by atoms with E-state index >= 15 is 0 Å². The van der Waals surface area contributed by atoms with Gasteiger partial charge in [-0.3, -0.25) is 14.6 Å². The van der Waals surface area contributed by atoms with Crippen molar-refractivity contribution in [2.45, 2.75) is 18.8 Å². The molecule has 1 aliphatic carbocycles. The molecular weight excluding hydrogens is 318 g/mol. The minimum Gasteiger partial charge on any atom is -0.469 e. The van der Waals surface area contributed by atoms with E-state index in [0.717, 1.165) is 17.9 Å². The molecule has 0 radical (unpaired) electrons. The predicted octanol–water partition coefficient (Wildman–Crippen LogP) is 1.69. The summed E-state index contributed by atoms with van der Waals surface area (Å²) in [6, 6.07) is 9.39. The van der Waals surface area contributed by atoms with Gasteiger partial charge in [0.1, 0.15) is 5.76 Å². The summed E-state index contributed by atoms with van der Waals surface area (Å²) in [6.45, 7) is 2.40. The zero-order valence-electron chi connectivity index (χ0n) is 14.0. The Hall–Kier alpha value is -2.63. The summed E-state index contributed by atoms with van der Waals surface area (Å²) in [5.41, 5.74) is 0.783. The number of carbonyl (C=O) groups excluding carboxylic acids is 2. The van der Waals surface area contributed by atoms with Gasteiger partial charge in [0.15, 0.2) is 0 Å². The molecule has 0 unspecified atom stereocenters. The number of amides is 2. The van der Waals surface area contributed by atoms with Gasteiger partial charge in [0.05, 0.1) is 12.7 Å². The van der Waals surface area contributed by atoms with Crippen LogP contribution in [0.1, 0.15) is 23.8 Å². The maximum Gasteiger partial charge on any atom is 0.228 e. The Morgan fingerprint density at radius 1 is 1.08 bits per heavy atom. The van der Waals surface area contributed by atoms with Gasteiger partial charge in [-0.15, -0.1) is 0 Å². The van der Waals surface area contributed by atoms with Crippen molar-refractivity contribution >= 4 is 11.8 Å². The van der Waals surface area contributed by atoms with Crippen molar-refractivity contribution in [1.82, 2.24) is 14.8 Å². The third-order valence-electron chi connectivity index (χ3n) is 5.02. The Kier molecular flexibility index (Phi) is 4.26. The molecule has 2 aromatic rings. The van der Waals surface area contributed by atoms with Gasteiger partial charge in [-0.1, -0.05) is 6.07 Å². The van der Waals surface area contributed by atoms with E-state index in [9.17, 15) is 9.59 Å². The van der Waals surface area contributed by atoms with E-state index in [0.29, 0.717) is 32.6 Å². The van der Waals surface area contributed by atoms with Crippen LogP contribution in [0.4, 0.5) is 0 Å². The van der Waals surface area contributed by atoms with Crippen molar-refractivity contribution in [1.29, 1.82) is 0 Å². The van der Waals surface area contributed by atoms with E-state index in [1.54, 1.807) is 12.5 Å². The van der Waals surface area contributed by atoms with E-state index in [4.69, 9.17) is 4.42 Å². The third-order valence-corrected chi connectivity index (χ3v) is 5.02. The van der Waals surface area contributed by atoms with Gasteiger partial charge in [-0.05, 0) is 30.7 Å². The normalized spacial score (nSPS) is 22.7. The topological polar surface area (TPSA) is 66.7 Å². The Balaban J connectivity index is 1.27. The second kappa shape index (κ2) is 6.70. The first-order valence-corrected chi connectivity index (χ1v) is 8.72. The Morgan fingerprint density at radius 3 is 2.56 bits per heavy atom. The predicted molar refractivity (Wildman–Crippen MR) is 90.7 cm³/mol. The number of nitrogens with zero attached hydrogens (tertiary/aromatic N) is 3. The molecular formula is C19H21N3O3. The SMILES string of the molecule is O=C(Cc1ccccn1)N1CCN(C(=O)[C@H]2C[C@H]2c2ccco2)CC1. The molecule has 6 nitrogen and oxygen atoms in total. The van der Waals surface area contributed by atoms with Crippen LogP contribution in [0.3, 0.4) is 0 Å². The number of furan rings is 1. The number of rotatable bonds is 4. The molecule has 2 atom stereocenters. The maximum atomic E-state index is 12.6. The van der Waals surface area contributed by atoms with Crippen molar-refractivity contribution < 1.29 is 14.0 Å². The largest absolute Gasteiger partial charge is 0.469 e. The Labute approximate surface area is 146 Å². The Bertz CT molecular complexity index is 737. The van der Waals surface area contributed by atoms with Crippen LogP contribution in [0.5, 0.6) is 0 Å². The lowest BCUT2D eigenvalue weighted by molar-refractivity contribution is -0.140. The molecule has 6 heteroatoms. The quantitative estimate of drug-likeness (QED) is 0.850. The smallest absolute Gasteiger partial charge is 0.228 e. The minimum absolute atomic E-state index is 0.0434. The summed E-state index contributed by atoms with van der Waals surface area (Å²) in [6.07, 6.45) is 4.54. The number of carbonyl (C=O) groups is 2. The molecule has 2 amide bonds. The van der Waals surface area contributed by atoms with Crippen molar-refractivity contribution in [3.05, 3.63) is 54.2 Å². The highest BCUT2D eigenvalue weighted by Crippen LogP contribution is 2.48. The molecule has 1 aliphatic heterocycles. The van der Waals surface area contributed by atoms with Crippen LogP contribution in [0.2, 0.25) is 0 Å². The van der Waals surface area contributed by atoms with E-state index in [2.05, 4.69) is 4.98 Å². The van der Waals surface area contributed by atoms with E-state index < -0.39 is 0 Å². The van der Waals surface area contributed by atoms with E-state index in [1.807, 2.05) is 40.1 Å². The zero-order chi connectivity index (χ0) is 17.2. The first-order chi connectivity index (χ1) is 12.2. The van der Waals surface area contributed by atoms with E-state index in [-0.39, 0.29) is 23.7 Å². The number of piperazine rings is 1. The highest BCUT2D eigenvalue weighted by atomic mass is 16.3. The van der Waals surface area contributed by atoms with Gasteiger partial charge in [0.2, 0.25) is 11.8 Å². The van der Waals surface area contributed by atoms with Crippen molar-refractivity contribution in [3.63, 3.8) is 0 Å². The van der Waals surface area contributed by atoms with Gasteiger partial charge >= 0.3 is 0 Å². The van der Waals surface area contributed by atoms with Gasteiger partial charge < -0.3 is 14.2 Å². The van der Waals surface area contributed by atoms with Crippen LogP contribution < -0.4 is 0 Å². The average Bonchev–Trinajstić information content (AvgIpc) is 3.26. The summed E-state index contributed by atoms with van der Waals surface area (Å²) in [7, 11) is 0. The molecule has 0 N–H and O–H groups in total. The molecule has 1 saturated heterocycles. The molecule has 4 rings (SSSR count). The molecule has 0 bridgehead atoms. The molecule has 2 fully saturated rings. The standard InChI is InChI=1S/C19H21N3O3/c23-18(12-14-4-1-2-6-20-14)21-7-9-22(10-8-21)19(24)16-13-15(16)17-5-3-11-25-17/h1-6,11,15-16H,7-10,12-13H2/t15-,16+/m1/s1. The molecule has 0 spiro atoms. The van der Waals surface area contributed by atoms with Crippen molar-refractivity contribution in [2.75, 3.05) is 26.2 Å². The first-order valence-electron chi connectivity index (χ1n) is 8.72. The van der Waals surface area contributed by atoms with Crippen molar-refractivity contribution in [3.8, 4) is 0 Å². The fourth-order valence-corrected chi connectivity index (χ4v) is 3.46. The number of aromatic nitrogens is 1. The minimum atomic E-state index is 0.0434. The van der Waals surface area contributed by atoms with Gasteiger partial charge in [0.25, 0.3) is 0 Å². The van der Waals surface area contributed by atoms with Crippen molar-refractivity contribution in [2.24, 2.45) is 5.92 Å². The molecule has 1 saturated carbocycles. The summed E-state index contributed by atoms with van der Waals surface area (Å²) < 4.78 is 5.40. The fourth-order valence-electron chi connectivity index (χ4n) is 3.46. The van der Waals surface area contributed by atoms with E-state index in [1.165, 1.54) is 0 Å². The highest BCUT2D eigenvalue weighted by molar-refractivity contribution is 5.83. The third kappa shape index (κ3) is 3.43. The lowest BCUT2D eigenvalue weighted by Crippen LogP contribution is -2.51. The average molecular weight is 339 g/mol. The molecule has 25 heavy (non-hydrogen) atoms. The monoisotopic (exact) mass is 339 g/mol. The van der Waals surface area contributed by atoms with Crippen LogP contribution >= 0.6 is 0 Å². The van der Waals surface area contributed by atoms with Crippen LogP contribution in [-0.4, -0.2) is 52.8 Å². The fraction of sp³-hybridized carbons (Fsp3) is 0.421. The summed E-state index contributed by atoms with van der Waals surface area (Å²) >= 11 is 0. The van der Waals surface area contributed by atoms with Gasteiger partial charge in [-0.2, -0.15) is 0 Å². The second-order valence-corrected chi connectivity index (χ2v) is 6.67. The number of hydrogen-bond acceptors (Lipinski definition) is 4. The van der Waals surface area contributed by atoms with Crippen LogP contribution in [0.15, 0.2) is 47.2 Å². The summed E-state index contributed by atoms with van der Waals surface area (Å²) in [5.74, 6) is 1.44. The maximum absolute atomic E-state index is 12.6. The first kappa shape index (κ1) is 15.9. The summed E-state index contributed by atoms with van der Waals surface area (Å²) in [4.78, 5) is 32.9. The zero-order valence-corrected chi connectivity index (χ0v) is 14.0. The molecule has 2 aromatic heterocycles. The second-order valence-electron chi connectivity index (χ2n) is 6.67. The molecule has 2 aliphatic rings. The van der Waals surface area contributed by atoms with Crippen LogP contribution in [-0.2, 0) is 16.0 Å². The van der Waals surface area contributed by atoms with Gasteiger partial charge in [-0.25, -0.2) is 0 Å². The number of pyridine rings is 1.